The predicted octanol–water partition coefficient (Wildman–Crippen LogP) is 1.39. The summed E-state index contributed by atoms with van der Waals surface area (Å²) in [5.41, 5.74) is 8.57. The lowest BCUT2D eigenvalue weighted by atomic mass is 9.96. The van der Waals surface area contributed by atoms with Crippen LogP contribution in [0.5, 0.6) is 0 Å². The van der Waals surface area contributed by atoms with Gasteiger partial charge in [-0.1, -0.05) is 6.07 Å². The van der Waals surface area contributed by atoms with Crippen molar-refractivity contribution in [3.05, 3.63) is 29.3 Å². The molecular weight excluding hydrogens is 240 g/mol. The quantitative estimate of drug-likeness (QED) is 0.720. The van der Waals surface area contributed by atoms with Gasteiger partial charge >= 0.3 is 0 Å². The van der Waals surface area contributed by atoms with E-state index >= 15 is 0 Å². The van der Waals surface area contributed by atoms with Crippen molar-refractivity contribution in [1.82, 2.24) is 5.32 Å². The fourth-order valence-corrected chi connectivity index (χ4v) is 3.15. The van der Waals surface area contributed by atoms with Crippen LogP contribution < -0.4 is 11.1 Å². The van der Waals surface area contributed by atoms with Gasteiger partial charge in [-0.3, -0.25) is 0 Å². The molecule has 1 aliphatic heterocycles. The highest BCUT2D eigenvalue weighted by atomic mass is 16.5. The van der Waals surface area contributed by atoms with E-state index in [1.54, 1.807) is 0 Å². The van der Waals surface area contributed by atoms with Crippen molar-refractivity contribution in [1.29, 1.82) is 0 Å². The molecule has 0 radical (unpaired) electrons. The Balaban J connectivity index is 1.67. The Morgan fingerprint density at radius 1 is 1.53 bits per heavy atom. The van der Waals surface area contributed by atoms with E-state index in [0.29, 0.717) is 25.6 Å². The van der Waals surface area contributed by atoms with E-state index in [0.717, 1.165) is 18.5 Å². The molecule has 1 fully saturated rings. The monoisotopic (exact) mass is 262 g/mol. The SMILES string of the molecule is CC1OCCC1(O)CNC1CCc2cc(N)ccc21. The average Bonchev–Trinajstić information content (AvgIpc) is 2.92. The molecule has 4 N–H and O–H groups in total. The van der Waals surface area contributed by atoms with Gasteiger partial charge in [0.15, 0.2) is 0 Å². The predicted molar refractivity (Wildman–Crippen MR) is 74.9 cm³/mol. The van der Waals surface area contributed by atoms with Crippen LogP contribution in [-0.2, 0) is 11.2 Å². The van der Waals surface area contributed by atoms with Crippen LogP contribution in [0.2, 0.25) is 0 Å². The van der Waals surface area contributed by atoms with E-state index in [4.69, 9.17) is 10.5 Å². The number of fused-ring (bicyclic) bond motifs is 1. The Kier molecular flexibility index (Phi) is 3.25. The van der Waals surface area contributed by atoms with Gasteiger partial charge in [0.05, 0.1) is 6.10 Å². The molecule has 1 saturated heterocycles. The molecule has 4 nitrogen and oxygen atoms in total. The van der Waals surface area contributed by atoms with Gasteiger partial charge in [0.1, 0.15) is 5.60 Å². The summed E-state index contributed by atoms with van der Waals surface area (Å²) >= 11 is 0. The molecule has 1 heterocycles. The number of benzene rings is 1. The van der Waals surface area contributed by atoms with Crippen LogP contribution in [0.15, 0.2) is 18.2 Å². The Hall–Kier alpha value is -1.10. The molecule has 1 aromatic rings. The molecule has 3 rings (SSSR count). The number of aryl methyl sites for hydroxylation is 1. The van der Waals surface area contributed by atoms with Gasteiger partial charge in [-0.15, -0.1) is 0 Å². The number of rotatable bonds is 3. The first-order valence-corrected chi connectivity index (χ1v) is 7.04. The van der Waals surface area contributed by atoms with E-state index in [1.165, 1.54) is 11.1 Å². The van der Waals surface area contributed by atoms with Gasteiger partial charge in [-0.25, -0.2) is 0 Å². The van der Waals surface area contributed by atoms with E-state index in [2.05, 4.69) is 17.4 Å². The van der Waals surface area contributed by atoms with Crippen molar-refractivity contribution in [3.8, 4) is 0 Å². The number of anilines is 1. The van der Waals surface area contributed by atoms with Crippen LogP contribution in [0.1, 0.15) is 36.9 Å². The molecule has 0 saturated carbocycles. The van der Waals surface area contributed by atoms with Crippen molar-refractivity contribution < 1.29 is 9.84 Å². The maximum absolute atomic E-state index is 10.5. The highest BCUT2D eigenvalue weighted by molar-refractivity contribution is 5.47. The number of aliphatic hydroxyl groups is 1. The van der Waals surface area contributed by atoms with Gasteiger partial charge in [-0.05, 0) is 43.0 Å². The maximum atomic E-state index is 10.5. The number of hydrogen-bond donors (Lipinski definition) is 3. The fourth-order valence-electron chi connectivity index (χ4n) is 3.15. The summed E-state index contributed by atoms with van der Waals surface area (Å²) in [6, 6.07) is 6.45. The third kappa shape index (κ3) is 2.36. The first-order chi connectivity index (χ1) is 9.08. The molecule has 1 aliphatic carbocycles. The van der Waals surface area contributed by atoms with Gasteiger partial charge in [-0.2, -0.15) is 0 Å². The Morgan fingerprint density at radius 2 is 2.37 bits per heavy atom. The van der Waals surface area contributed by atoms with Gasteiger partial charge in [0, 0.05) is 31.3 Å². The standard InChI is InChI=1S/C15H22N2O2/c1-10-15(18,6-7-19-10)9-17-14-5-2-11-8-12(16)3-4-13(11)14/h3-4,8,10,14,17-18H,2,5-7,9,16H2,1H3. The Morgan fingerprint density at radius 3 is 3.11 bits per heavy atom. The summed E-state index contributed by atoms with van der Waals surface area (Å²) in [5, 5.41) is 14.0. The van der Waals surface area contributed by atoms with E-state index in [-0.39, 0.29) is 6.10 Å². The summed E-state index contributed by atoms with van der Waals surface area (Å²) in [6.07, 6.45) is 2.75. The summed E-state index contributed by atoms with van der Waals surface area (Å²) in [4.78, 5) is 0. The minimum absolute atomic E-state index is 0.0905. The highest BCUT2D eigenvalue weighted by Gasteiger charge is 2.40. The van der Waals surface area contributed by atoms with Crippen LogP contribution in [0, 0.1) is 0 Å². The second-order valence-corrected chi connectivity index (χ2v) is 5.80. The molecule has 0 amide bonds. The molecule has 2 aliphatic rings. The van der Waals surface area contributed by atoms with E-state index < -0.39 is 5.60 Å². The highest BCUT2D eigenvalue weighted by Crippen LogP contribution is 2.33. The lowest BCUT2D eigenvalue weighted by Gasteiger charge is -2.28. The van der Waals surface area contributed by atoms with Crippen LogP contribution in [0.4, 0.5) is 5.69 Å². The second-order valence-electron chi connectivity index (χ2n) is 5.80. The normalized spacial score (nSPS) is 33.6. The molecule has 0 bridgehead atoms. The van der Waals surface area contributed by atoms with Crippen molar-refractivity contribution >= 4 is 5.69 Å². The fraction of sp³-hybridized carbons (Fsp3) is 0.600. The molecule has 3 unspecified atom stereocenters. The van der Waals surface area contributed by atoms with Crippen LogP contribution in [0.25, 0.3) is 0 Å². The maximum Gasteiger partial charge on any atom is 0.105 e. The lowest BCUT2D eigenvalue weighted by Crippen LogP contribution is -2.46. The van der Waals surface area contributed by atoms with Crippen molar-refractivity contribution in [3.63, 3.8) is 0 Å². The third-order valence-electron chi connectivity index (χ3n) is 4.56. The molecule has 1 aromatic carbocycles. The van der Waals surface area contributed by atoms with Crippen molar-refractivity contribution in [2.24, 2.45) is 0 Å². The number of ether oxygens (including phenoxy) is 1. The summed E-state index contributed by atoms with van der Waals surface area (Å²) < 4.78 is 5.46. The first-order valence-electron chi connectivity index (χ1n) is 7.04. The van der Waals surface area contributed by atoms with E-state index in [1.807, 2.05) is 13.0 Å². The van der Waals surface area contributed by atoms with Crippen molar-refractivity contribution in [2.75, 3.05) is 18.9 Å². The molecule has 4 heteroatoms. The van der Waals surface area contributed by atoms with Gasteiger partial charge in [0.2, 0.25) is 0 Å². The lowest BCUT2D eigenvalue weighted by molar-refractivity contribution is -0.0276. The molecule has 19 heavy (non-hydrogen) atoms. The number of nitrogens with one attached hydrogen (secondary N) is 1. The second kappa shape index (κ2) is 4.78. The topological polar surface area (TPSA) is 67.5 Å². The zero-order chi connectivity index (χ0) is 13.5. The largest absolute Gasteiger partial charge is 0.399 e. The van der Waals surface area contributed by atoms with Gasteiger partial charge < -0.3 is 20.9 Å². The number of hydrogen-bond acceptors (Lipinski definition) is 4. The smallest absolute Gasteiger partial charge is 0.105 e. The summed E-state index contributed by atoms with van der Waals surface area (Å²) in [7, 11) is 0. The zero-order valence-electron chi connectivity index (χ0n) is 11.4. The molecule has 104 valence electrons. The summed E-state index contributed by atoms with van der Waals surface area (Å²) in [5.74, 6) is 0. The Bertz CT molecular complexity index is 477. The minimum Gasteiger partial charge on any atom is -0.399 e. The molecule has 0 spiro atoms. The summed E-state index contributed by atoms with van der Waals surface area (Å²) in [6.45, 7) is 3.18. The van der Waals surface area contributed by atoms with Gasteiger partial charge in [0.25, 0.3) is 0 Å². The Labute approximate surface area is 114 Å². The third-order valence-corrected chi connectivity index (χ3v) is 4.56. The number of nitrogens with two attached hydrogens (primary N) is 1. The van der Waals surface area contributed by atoms with Crippen LogP contribution in [0.3, 0.4) is 0 Å². The minimum atomic E-state index is -0.726. The number of nitrogen functional groups attached to an aromatic ring is 1. The molecular formula is C15H22N2O2. The van der Waals surface area contributed by atoms with Crippen molar-refractivity contribution in [2.45, 2.75) is 43.9 Å². The van der Waals surface area contributed by atoms with Crippen LogP contribution >= 0.6 is 0 Å². The zero-order valence-corrected chi connectivity index (χ0v) is 11.4. The first kappa shape index (κ1) is 12.9. The van der Waals surface area contributed by atoms with E-state index in [9.17, 15) is 5.11 Å². The molecule has 3 atom stereocenters. The average molecular weight is 262 g/mol. The van der Waals surface area contributed by atoms with Crippen LogP contribution in [-0.4, -0.2) is 30.0 Å². The molecule has 0 aromatic heterocycles.